The highest BCUT2D eigenvalue weighted by molar-refractivity contribution is 9.09. The molecule has 1 heterocycles. The van der Waals surface area contributed by atoms with E-state index in [-0.39, 0.29) is 0 Å². The smallest absolute Gasteiger partial charge is 0.126 e. The molecular weight excluding hydrogens is 228 g/mol. The van der Waals surface area contributed by atoms with Gasteiger partial charge < -0.3 is 5.73 Å². The molecule has 1 unspecified atom stereocenters. The normalized spacial score (nSPS) is 12.8. The molecule has 0 aliphatic rings. The minimum atomic E-state index is 0.590. The second kappa shape index (κ2) is 5.22. The maximum atomic E-state index is 5.72. The van der Waals surface area contributed by atoms with Gasteiger partial charge in [0.2, 0.25) is 0 Å². The summed E-state index contributed by atoms with van der Waals surface area (Å²) in [6.45, 7) is 2.17. The number of alkyl halides is 1. The van der Waals surface area contributed by atoms with Crippen molar-refractivity contribution in [1.82, 2.24) is 4.98 Å². The molecule has 2 N–H and O–H groups in total. The SMILES string of the molecule is CCC(Br)CCc1cccnc1N. The Kier molecular flexibility index (Phi) is 4.22. The summed E-state index contributed by atoms with van der Waals surface area (Å²) in [7, 11) is 0. The van der Waals surface area contributed by atoms with Gasteiger partial charge in [0, 0.05) is 11.0 Å². The number of nitrogens with zero attached hydrogens (tertiary/aromatic N) is 1. The Bertz CT molecular complexity index is 263. The average Bonchev–Trinajstić information content (AvgIpc) is 2.16. The summed E-state index contributed by atoms with van der Waals surface area (Å²) < 4.78 is 0. The first-order valence-corrected chi connectivity index (χ1v) is 5.49. The Hall–Kier alpha value is -0.570. The van der Waals surface area contributed by atoms with Crippen molar-refractivity contribution in [2.45, 2.75) is 31.0 Å². The second-order valence-corrected chi connectivity index (χ2v) is 4.39. The molecule has 1 rings (SSSR count). The summed E-state index contributed by atoms with van der Waals surface area (Å²) in [6, 6.07) is 3.97. The van der Waals surface area contributed by atoms with Crippen LogP contribution in [-0.2, 0) is 6.42 Å². The second-order valence-electron chi connectivity index (χ2n) is 3.09. The van der Waals surface area contributed by atoms with Gasteiger partial charge in [0.15, 0.2) is 0 Å². The molecule has 0 aliphatic carbocycles. The first-order chi connectivity index (χ1) is 6.24. The van der Waals surface area contributed by atoms with Crippen LogP contribution in [0.5, 0.6) is 0 Å². The number of pyridine rings is 1. The Morgan fingerprint density at radius 1 is 1.62 bits per heavy atom. The molecule has 1 aromatic heterocycles. The summed E-state index contributed by atoms with van der Waals surface area (Å²) in [5, 5.41) is 0. The van der Waals surface area contributed by atoms with Crippen molar-refractivity contribution in [2.75, 3.05) is 5.73 Å². The van der Waals surface area contributed by atoms with Gasteiger partial charge in [0.1, 0.15) is 5.82 Å². The van der Waals surface area contributed by atoms with Crippen LogP contribution in [0.25, 0.3) is 0 Å². The van der Waals surface area contributed by atoms with Gasteiger partial charge in [-0.25, -0.2) is 4.98 Å². The van der Waals surface area contributed by atoms with Crippen LogP contribution >= 0.6 is 15.9 Å². The van der Waals surface area contributed by atoms with E-state index < -0.39 is 0 Å². The number of hydrogen-bond acceptors (Lipinski definition) is 2. The molecule has 0 saturated heterocycles. The number of rotatable bonds is 4. The molecule has 0 fully saturated rings. The zero-order chi connectivity index (χ0) is 9.68. The van der Waals surface area contributed by atoms with Crippen molar-refractivity contribution in [1.29, 1.82) is 0 Å². The number of aromatic nitrogens is 1. The zero-order valence-corrected chi connectivity index (χ0v) is 9.42. The molecule has 3 heteroatoms. The predicted molar refractivity (Wildman–Crippen MR) is 60.0 cm³/mol. The molecule has 0 aromatic carbocycles. The predicted octanol–water partition coefficient (Wildman–Crippen LogP) is 2.77. The molecule has 0 spiro atoms. The lowest BCUT2D eigenvalue weighted by atomic mass is 10.1. The Balaban J connectivity index is 2.50. The summed E-state index contributed by atoms with van der Waals surface area (Å²) in [4.78, 5) is 4.64. The fourth-order valence-corrected chi connectivity index (χ4v) is 1.41. The molecular formula is C10H15BrN2. The molecule has 0 aliphatic heterocycles. The van der Waals surface area contributed by atoms with Crippen molar-refractivity contribution in [3.8, 4) is 0 Å². The minimum absolute atomic E-state index is 0.590. The van der Waals surface area contributed by atoms with Crippen LogP contribution in [0.15, 0.2) is 18.3 Å². The standard InChI is InChI=1S/C10H15BrN2/c1-2-9(11)6-5-8-4-3-7-13-10(8)12/h3-4,7,9H,2,5-6H2,1H3,(H2,12,13). The van der Waals surface area contributed by atoms with Crippen LogP contribution in [0.3, 0.4) is 0 Å². The highest BCUT2D eigenvalue weighted by Crippen LogP contribution is 2.16. The maximum absolute atomic E-state index is 5.72. The molecule has 2 nitrogen and oxygen atoms in total. The minimum Gasteiger partial charge on any atom is -0.383 e. The van der Waals surface area contributed by atoms with E-state index in [9.17, 15) is 0 Å². The van der Waals surface area contributed by atoms with Crippen LogP contribution in [-0.4, -0.2) is 9.81 Å². The number of nitrogen functional groups attached to an aromatic ring is 1. The van der Waals surface area contributed by atoms with Gasteiger partial charge in [0.25, 0.3) is 0 Å². The third-order valence-electron chi connectivity index (χ3n) is 2.10. The summed E-state index contributed by atoms with van der Waals surface area (Å²) in [5.74, 6) is 0.665. The van der Waals surface area contributed by atoms with Gasteiger partial charge in [-0.3, -0.25) is 0 Å². The zero-order valence-electron chi connectivity index (χ0n) is 7.83. The highest BCUT2D eigenvalue weighted by atomic mass is 79.9. The van der Waals surface area contributed by atoms with Gasteiger partial charge in [0.05, 0.1) is 0 Å². The van der Waals surface area contributed by atoms with Crippen molar-refractivity contribution >= 4 is 21.7 Å². The van der Waals surface area contributed by atoms with Crippen molar-refractivity contribution < 1.29 is 0 Å². The topological polar surface area (TPSA) is 38.9 Å². The molecule has 0 bridgehead atoms. The van der Waals surface area contributed by atoms with Gasteiger partial charge in [-0.05, 0) is 30.9 Å². The lowest BCUT2D eigenvalue weighted by Crippen LogP contribution is -2.01. The van der Waals surface area contributed by atoms with Crippen molar-refractivity contribution in [3.05, 3.63) is 23.9 Å². The number of anilines is 1. The number of aryl methyl sites for hydroxylation is 1. The van der Waals surface area contributed by atoms with Crippen molar-refractivity contribution in [2.24, 2.45) is 0 Å². The Labute approximate surface area is 87.7 Å². The molecule has 0 radical (unpaired) electrons. The third kappa shape index (κ3) is 3.35. The molecule has 1 atom stereocenters. The molecule has 0 amide bonds. The van der Waals surface area contributed by atoms with E-state index >= 15 is 0 Å². The first-order valence-electron chi connectivity index (χ1n) is 4.57. The van der Waals surface area contributed by atoms with E-state index in [1.165, 1.54) is 0 Å². The van der Waals surface area contributed by atoms with E-state index in [1.807, 2.05) is 12.1 Å². The maximum Gasteiger partial charge on any atom is 0.126 e. The van der Waals surface area contributed by atoms with E-state index in [2.05, 4.69) is 27.8 Å². The first kappa shape index (κ1) is 10.5. The number of hydrogen-bond donors (Lipinski definition) is 1. The highest BCUT2D eigenvalue weighted by Gasteiger charge is 2.03. The molecule has 13 heavy (non-hydrogen) atoms. The van der Waals surface area contributed by atoms with Crippen LogP contribution in [0.2, 0.25) is 0 Å². The lowest BCUT2D eigenvalue weighted by molar-refractivity contribution is 0.746. The van der Waals surface area contributed by atoms with Gasteiger partial charge in [-0.2, -0.15) is 0 Å². The Morgan fingerprint density at radius 2 is 2.38 bits per heavy atom. The lowest BCUT2D eigenvalue weighted by Gasteiger charge is -2.07. The van der Waals surface area contributed by atoms with Gasteiger partial charge >= 0.3 is 0 Å². The van der Waals surface area contributed by atoms with Gasteiger partial charge in [-0.15, -0.1) is 0 Å². The van der Waals surface area contributed by atoms with Gasteiger partial charge in [-0.1, -0.05) is 28.9 Å². The van der Waals surface area contributed by atoms with E-state index in [0.29, 0.717) is 10.6 Å². The summed E-state index contributed by atoms with van der Waals surface area (Å²) >= 11 is 3.60. The summed E-state index contributed by atoms with van der Waals surface area (Å²) in [6.07, 6.45) is 5.00. The molecule has 1 aromatic rings. The fraction of sp³-hybridized carbons (Fsp3) is 0.500. The number of halogens is 1. The van der Waals surface area contributed by atoms with Crippen molar-refractivity contribution in [3.63, 3.8) is 0 Å². The molecule has 72 valence electrons. The van der Waals surface area contributed by atoms with Crippen LogP contribution in [0.4, 0.5) is 5.82 Å². The largest absolute Gasteiger partial charge is 0.383 e. The van der Waals surface area contributed by atoms with Crippen LogP contribution in [0, 0.1) is 0 Å². The fourth-order valence-electron chi connectivity index (χ4n) is 1.18. The van der Waals surface area contributed by atoms with E-state index in [1.54, 1.807) is 6.20 Å². The Morgan fingerprint density at radius 3 is 3.00 bits per heavy atom. The van der Waals surface area contributed by atoms with Crippen LogP contribution in [0.1, 0.15) is 25.3 Å². The van der Waals surface area contributed by atoms with E-state index in [4.69, 9.17) is 5.73 Å². The number of nitrogens with two attached hydrogens (primary N) is 1. The monoisotopic (exact) mass is 242 g/mol. The third-order valence-corrected chi connectivity index (χ3v) is 3.20. The molecule has 0 saturated carbocycles. The van der Waals surface area contributed by atoms with Crippen LogP contribution < -0.4 is 5.73 Å². The quantitative estimate of drug-likeness (QED) is 0.826. The summed E-state index contributed by atoms with van der Waals surface area (Å²) in [5.41, 5.74) is 6.87. The average molecular weight is 243 g/mol. The van der Waals surface area contributed by atoms with E-state index in [0.717, 1.165) is 24.8 Å².